The zero-order valence-corrected chi connectivity index (χ0v) is 12.8. The van der Waals surface area contributed by atoms with Crippen molar-refractivity contribution in [1.82, 2.24) is 0 Å². The van der Waals surface area contributed by atoms with Gasteiger partial charge in [-0.2, -0.15) is 0 Å². The van der Waals surface area contributed by atoms with Crippen molar-refractivity contribution in [2.45, 2.75) is 32.1 Å². The zero-order chi connectivity index (χ0) is 15.3. The fourth-order valence-electron chi connectivity index (χ4n) is 3.31. The Balaban J connectivity index is 2.69. The lowest BCUT2D eigenvalue weighted by Crippen LogP contribution is -2.47. The van der Waals surface area contributed by atoms with Gasteiger partial charge >= 0.3 is 0 Å². The number of carbonyl (C=O) groups is 1. The Morgan fingerprint density at radius 3 is 1.76 bits per heavy atom. The van der Waals surface area contributed by atoms with Crippen LogP contribution in [-0.2, 0) is 10.2 Å². The molecule has 110 valence electrons. The summed E-state index contributed by atoms with van der Waals surface area (Å²) < 4.78 is 0. The summed E-state index contributed by atoms with van der Waals surface area (Å²) in [6.07, 6.45) is 1.97. The van der Waals surface area contributed by atoms with Crippen LogP contribution in [0.25, 0.3) is 0 Å². The standard InChI is InChI=1S/C19H23NO/c1-3-10-15(2)19(18(20)21,16-11-6-4-7-12-16)17-13-8-5-9-14-17/h4-9,11-15H,3,10H2,1-2H3,(H2,20,21). The Bertz CT molecular complexity index is 538. The first kappa shape index (κ1) is 15.3. The third kappa shape index (κ3) is 2.71. The topological polar surface area (TPSA) is 43.1 Å². The number of benzene rings is 2. The Hall–Kier alpha value is -2.09. The van der Waals surface area contributed by atoms with Gasteiger partial charge in [0.15, 0.2) is 0 Å². The van der Waals surface area contributed by atoms with Crippen LogP contribution in [0.15, 0.2) is 60.7 Å². The summed E-state index contributed by atoms with van der Waals surface area (Å²) in [4.78, 5) is 12.6. The normalized spacial score (nSPS) is 12.9. The smallest absolute Gasteiger partial charge is 0.232 e. The van der Waals surface area contributed by atoms with Crippen molar-refractivity contribution in [1.29, 1.82) is 0 Å². The maximum Gasteiger partial charge on any atom is 0.232 e. The molecule has 0 bridgehead atoms. The van der Waals surface area contributed by atoms with E-state index >= 15 is 0 Å². The van der Waals surface area contributed by atoms with Crippen LogP contribution in [0, 0.1) is 5.92 Å². The highest BCUT2D eigenvalue weighted by Crippen LogP contribution is 2.41. The Morgan fingerprint density at radius 1 is 1.00 bits per heavy atom. The van der Waals surface area contributed by atoms with Crippen LogP contribution in [-0.4, -0.2) is 5.91 Å². The number of hydrogen-bond acceptors (Lipinski definition) is 1. The molecule has 2 aromatic rings. The molecule has 21 heavy (non-hydrogen) atoms. The van der Waals surface area contributed by atoms with Gasteiger partial charge in [-0.1, -0.05) is 80.9 Å². The molecule has 0 saturated heterocycles. The highest BCUT2D eigenvalue weighted by atomic mass is 16.1. The third-order valence-electron chi connectivity index (χ3n) is 4.31. The Morgan fingerprint density at radius 2 is 1.43 bits per heavy atom. The van der Waals surface area contributed by atoms with Crippen molar-refractivity contribution in [2.75, 3.05) is 0 Å². The van der Waals surface area contributed by atoms with Crippen LogP contribution in [0.3, 0.4) is 0 Å². The van der Waals surface area contributed by atoms with Crippen molar-refractivity contribution < 1.29 is 4.79 Å². The van der Waals surface area contributed by atoms with Gasteiger partial charge in [0.05, 0.1) is 0 Å². The molecule has 2 nitrogen and oxygen atoms in total. The summed E-state index contributed by atoms with van der Waals surface area (Å²) in [5, 5.41) is 0. The van der Waals surface area contributed by atoms with Gasteiger partial charge < -0.3 is 5.73 Å². The van der Waals surface area contributed by atoms with E-state index in [1.807, 2.05) is 60.7 Å². The lowest BCUT2D eigenvalue weighted by atomic mass is 9.64. The van der Waals surface area contributed by atoms with Gasteiger partial charge in [0.2, 0.25) is 5.91 Å². The van der Waals surface area contributed by atoms with Gasteiger partial charge in [-0.15, -0.1) is 0 Å². The zero-order valence-electron chi connectivity index (χ0n) is 12.8. The third-order valence-corrected chi connectivity index (χ3v) is 4.31. The average molecular weight is 281 g/mol. The molecule has 2 aromatic carbocycles. The molecule has 1 atom stereocenters. The van der Waals surface area contributed by atoms with E-state index in [1.54, 1.807) is 0 Å². The van der Waals surface area contributed by atoms with E-state index in [9.17, 15) is 4.79 Å². The van der Waals surface area contributed by atoms with E-state index in [0.717, 1.165) is 24.0 Å². The summed E-state index contributed by atoms with van der Waals surface area (Å²) in [7, 11) is 0. The van der Waals surface area contributed by atoms with E-state index in [2.05, 4.69) is 13.8 Å². The molecule has 1 unspecified atom stereocenters. The number of amides is 1. The first-order valence-corrected chi connectivity index (χ1v) is 7.55. The number of rotatable bonds is 6. The second-order valence-electron chi connectivity index (χ2n) is 5.59. The van der Waals surface area contributed by atoms with Crippen molar-refractivity contribution in [3.8, 4) is 0 Å². The fourth-order valence-corrected chi connectivity index (χ4v) is 3.31. The summed E-state index contributed by atoms with van der Waals surface area (Å²) in [6.45, 7) is 4.26. The molecule has 2 rings (SSSR count). The number of carbonyl (C=O) groups excluding carboxylic acids is 1. The van der Waals surface area contributed by atoms with Gasteiger partial charge in [0, 0.05) is 0 Å². The minimum absolute atomic E-state index is 0.143. The molecule has 0 aliphatic carbocycles. The SMILES string of the molecule is CCCC(C)C(C(N)=O)(c1ccccc1)c1ccccc1. The van der Waals surface area contributed by atoms with E-state index in [4.69, 9.17) is 5.73 Å². The number of primary amides is 1. The second kappa shape index (κ2) is 6.57. The Kier molecular flexibility index (Phi) is 4.79. The molecular weight excluding hydrogens is 258 g/mol. The highest BCUT2D eigenvalue weighted by molar-refractivity contribution is 5.91. The molecule has 2 heteroatoms. The maximum atomic E-state index is 12.6. The quantitative estimate of drug-likeness (QED) is 0.857. The molecular formula is C19H23NO. The number of nitrogens with two attached hydrogens (primary N) is 1. The van der Waals surface area contributed by atoms with Gasteiger partial charge in [-0.3, -0.25) is 4.79 Å². The predicted molar refractivity (Wildman–Crippen MR) is 86.9 cm³/mol. The highest BCUT2D eigenvalue weighted by Gasteiger charge is 2.44. The van der Waals surface area contributed by atoms with Crippen molar-refractivity contribution in [2.24, 2.45) is 11.7 Å². The molecule has 0 radical (unpaired) electrons. The molecule has 0 aliphatic rings. The van der Waals surface area contributed by atoms with Gasteiger partial charge in [0.25, 0.3) is 0 Å². The van der Waals surface area contributed by atoms with E-state index in [1.165, 1.54) is 0 Å². The van der Waals surface area contributed by atoms with Crippen LogP contribution < -0.4 is 5.73 Å². The molecule has 1 amide bonds. The average Bonchev–Trinajstić information content (AvgIpc) is 2.50. The largest absolute Gasteiger partial charge is 0.369 e. The molecule has 0 aromatic heterocycles. The van der Waals surface area contributed by atoms with Crippen LogP contribution >= 0.6 is 0 Å². The van der Waals surface area contributed by atoms with Crippen LogP contribution in [0.2, 0.25) is 0 Å². The molecule has 2 N–H and O–H groups in total. The summed E-state index contributed by atoms with van der Waals surface area (Å²) in [5.41, 5.74) is 7.12. The van der Waals surface area contributed by atoms with Gasteiger partial charge in [-0.25, -0.2) is 0 Å². The molecule has 0 aliphatic heterocycles. The van der Waals surface area contributed by atoms with E-state index in [0.29, 0.717) is 0 Å². The molecule has 0 fully saturated rings. The molecule has 0 spiro atoms. The minimum Gasteiger partial charge on any atom is -0.369 e. The maximum absolute atomic E-state index is 12.6. The van der Waals surface area contributed by atoms with Crippen molar-refractivity contribution in [3.63, 3.8) is 0 Å². The fraction of sp³-hybridized carbons (Fsp3) is 0.316. The lowest BCUT2D eigenvalue weighted by molar-refractivity contribution is -0.123. The molecule has 0 heterocycles. The van der Waals surface area contributed by atoms with E-state index < -0.39 is 5.41 Å². The summed E-state index contributed by atoms with van der Waals surface area (Å²) in [6, 6.07) is 19.8. The summed E-state index contributed by atoms with van der Waals surface area (Å²) >= 11 is 0. The number of hydrogen-bond donors (Lipinski definition) is 1. The van der Waals surface area contributed by atoms with Crippen LogP contribution in [0.4, 0.5) is 0 Å². The van der Waals surface area contributed by atoms with E-state index in [-0.39, 0.29) is 11.8 Å². The van der Waals surface area contributed by atoms with Crippen LogP contribution in [0.5, 0.6) is 0 Å². The first-order chi connectivity index (χ1) is 10.1. The van der Waals surface area contributed by atoms with Crippen molar-refractivity contribution in [3.05, 3.63) is 71.8 Å². The summed E-state index contributed by atoms with van der Waals surface area (Å²) in [5.74, 6) is -0.134. The lowest BCUT2D eigenvalue weighted by Gasteiger charge is -2.37. The molecule has 0 saturated carbocycles. The van der Waals surface area contributed by atoms with Crippen molar-refractivity contribution >= 4 is 5.91 Å². The second-order valence-corrected chi connectivity index (χ2v) is 5.59. The predicted octanol–water partition coefficient (Wildman–Crippen LogP) is 3.89. The minimum atomic E-state index is -0.765. The monoisotopic (exact) mass is 281 g/mol. The Labute approximate surface area is 127 Å². The van der Waals surface area contributed by atoms with Gasteiger partial charge in [-0.05, 0) is 23.5 Å². The van der Waals surface area contributed by atoms with Gasteiger partial charge in [0.1, 0.15) is 5.41 Å². The van der Waals surface area contributed by atoms with Crippen LogP contribution in [0.1, 0.15) is 37.8 Å². The first-order valence-electron chi connectivity index (χ1n) is 7.55.